The molecule has 0 atom stereocenters. The smallest absolute Gasteiger partial charge is 0.200 e. The molecule has 3 heterocycles. The topological polar surface area (TPSA) is 72.9 Å². The second-order valence-electron chi connectivity index (χ2n) is 6.48. The van der Waals surface area contributed by atoms with E-state index in [2.05, 4.69) is 31.8 Å². The lowest BCUT2D eigenvalue weighted by atomic mass is 10.2. The summed E-state index contributed by atoms with van der Waals surface area (Å²) in [6.07, 6.45) is 7.63. The molecular formula is C18H16FN7. The summed E-state index contributed by atoms with van der Waals surface area (Å²) in [5, 5.41) is 20.4. The molecular weight excluding hydrogens is 333 g/mol. The van der Waals surface area contributed by atoms with Crippen molar-refractivity contribution in [3.8, 4) is 5.69 Å². The highest BCUT2D eigenvalue weighted by Gasteiger charge is 2.26. The molecule has 0 amide bonds. The van der Waals surface area contributed by atoms with E-state index in [-0.39, 0.29) is 5.82 Å². The average molecular weight is 349 g/mol. The zero-order chi connectivity index (χ0) is 17.5. The Morgan fingerprint density at radius 1 is 1.23 bits per heavy atom. The summed E-state index contributed by atoms with van der Waals surface area (Å²) in [7, 11) is 0. The van der Waals surface area contributed by atoms with Gasteiger partial charge in [0.15, 0.2) is 0 Å². The lowest BCUT2D eigenvalue weighted by Crippen LogP contribution is -2.05. The number of fused-ring (bicyclic) bond motifs is 1. The van der Waals surface area contributed by atoms with Crippen LogP contribution < -0.4 is 5.32 Å². The van der Waals surface area contributed by atoms with Crippen molar-refractivity contribution in [1.29, 1.82) is 0 Å². The second kappa shape index (κ2) is 5.91. The maximum absolute atomic E-state index is 13.4. The molecule has 130 valence electrons. The quantitative estimate of drug-likeness (QED) is 0.600. The van der Waals surface area contributed by atoms with Gasteiger partial charge in [-0.25, -0.2) is 9.07 Å². The predicted octanol–water partition coefficient (Wildman–Crippen LogP) is 2.94. The molecule has 7 nitrogen and oxygen atoms in total. The summed E-state index contributed by atoms with van der Waals surface area (Å²) < 4.78 is 16.8. The van der Waals surface area contributed by atoms with Crippen LogP contribution in [-0.4, -0.2) is 29.6 Å². The third-order valence-corrected chi connectivity index (χ3v) is 4.47. The van der Waals surface area contributed by atoms with Crippen LogP contribution in [0.25, 0.3) is 11.3 Å². The number of nitrogens with one attached hydrogen (secondary N) is 1. The number of hydrogen-bond donors (Lipinski definition) is 1. The summed E-state index contributed by atoms with van der Waals surface area (Å²) in [6.45, 7) is 0.575. The normalized spacial score (nSPS) is 14.0. The molecule has 1 aliphatic rings. The van der Waals surface area contributed by atoms with Crippen molar-refractivity contribution >= 4 is 11.3 Å². The van der Waals surface area contributed by atoms with Crippen molar-refractivity contribution in [2.24, 2.45) is 0 Å². The monoisotopic (exact) mass is 349 g/mol. The highest BCUT2D eigenvalue weighted by molar-refractivity contribution is 5.67. The zero-order valence-corrected chi connectivity index (χ0v) is 13.9. The first-order chi connectivity index (χ1) is 12.8. The van der Waals surface area contributed by atoms with Crippen molar-refractivity contribution < 1.29 is 4.39 Å². The average Bonchev–Trinajstić information content (AvgIpc) is 3.20. The lowest BCUT2D eigenvalue weighted by Gasteiger charge is -2.08. The zero-order valence-electron chi connectivity index (χ0n) is 13.9. The van der Waals surface area contributed by atoms with Crippen LogP contribution >= 0.6 is 0 Å². The molecule has 3 aromatic heterocycles. The Labute approximate surface area is 148 Å². The molecule has 1 aromatic carbocycles. The maximum Gasteiger partial charge on any atom is 0.200 e. The van der Waals surface area contributed by atoms with E-state index < -0.39 is 0 Å². The third kappa shape index (κ3) is 2.79. The number of nitrogens with zero attached hydrogens (tertiary/aromatic N) is 6. The molecule has 1 aliphatic carbocycles. The minimum Gasteiger partial charge on any atom is -0.378 e. The Kier molecular flexibility index (Phi) is 3.41. The van der Waals surface area contributed by atoms with E-state index >= 15 is 0 Å². The molecule has 0 radical (unpaired) electrons. The van der Waals surface area contributed by atoms with Gasteiger partial charge in [-0.1, -0.05) is 6.07 Å². The molecule has 0 spiro atoms. The molecule has 26 heavy (non-hydrogen) atoms. The molecule has 0 aliphatic heterocycles. The molecule has 8 heteroatoms. The van der Waals surface area contributed by atoms with Gasteiger partial charge in [-0.2, -0.15) is 14.7 Å². The second-order valence-corrected chi connectivity index (χ2v) is 6.48. The molecule has 0 unspecified atom stereocenters. The molecule has 1 N–H and O–H groups in total. The van der Waals surface area contributed by atoms with Crippen LogP contribution in [0.15, 0.2) is 49.1 Å². The number of hydrogen-bond acceptors (Lipinski definition) is 5. The van der Waals surface area contributed by atoms with Crippen LogP contribution in [0.2, 0.25) is 0 Å². The van der Waals surface area contributed by atoms with Crippen LogP contribution in [0.1, 0.15) is 30.0 Å². The largest absolute Gasteiger partial charge is 0.378 e. The molecule has 1 fully saturated rings. The van der Waals surface area contributed by atoms with Gasteiger partial charge >= 0.3 is 0 Å². The SMILES string of the molecule is Fc1cccc(-n2cc(CNc3cc(C4CC4)nn4cnnc34)cn2)c1. The fraction of sp³-hybridized carbons (Fsp3) is 0.222. The molecule has 5 rings (SSSR count). The van der Waals surface area contributed by atoms with Gasteiger partial charge < -0.3 is 5.32 Å². The van der Waals surface area contributed by atoms with Gasteiger partial charge in [-0.3, -0.25) is 0 Å². The van der Waals surface area contributed by atoms with Gasteiger partial charge in [0, 0.05) is 24.2 Å². The van der Waals surface area contributed by atoms with Crippen molar-refractivity contribution in [3.63, 3.8) is 0 Å². The fourth-order valence-corrected chi connectivity index (χ4v) is 2.96. The van der Waals surface area contributed by atoms with Crippen LogP contribution in [0.4, 0.5) is 10.1 Å². The Morgan fingerprint density at radius 2 is 2.15 bits per heavy atom. The van der Waals surface area contributed by atoms with E-state index in [1.807, 2.05) is 12.3 Å². The Hall–Kier alpha value is -3.29. The van der Waals surface area contributed by atoms with Gasteiger partial charge in [-0.15, -0.1) is 10.2 Å². The fourth-order valence-electron chi connectivity index (χ4n) is 2.96. The van der Waals surface area contributed by atoms with E-state index in [1.54, 1.807) is 27.8 Å². The highest BCUT2D eigenvalue weighted by atomic mass is 19.1. The van der Waals surface area contributed by atoms with E-state index in [1.165, 1.54) is 25.0 Å². The van der Waals surface area contributed by atoms with Gasteiger partial charge in [0.2, 0.25) is 5.65 Å². The van der Waals surface area contributed by atoms with Gasteiger partial charge in [0.25, 0.3) is 0 Å². The summed E-state index contributed by atoms with van der Waals surface area (Å²) in [6, 6.07) is 8.41. The first-order valence-electron chi connectivity index (χ1n) is 8.50. The van der Waals surface area contributed by atoms with Crippen LogP contribution in [0.3, 0.4) is 0 Å². The Morgan fingerprint density at radius 3 is 3.00 bits per heavy atom. The minimum atomic E-state index is -0.281. The number of benzene rings is 1. The first-order valence-corrected chi connectivity index (χ1v) is 8.50. The van der Waals surface area contributed by atoms with E-state index in [4.69, 9.17) is 0 Å². The number of rotatable bonds is 5. The predicted molar refractivity (Wildman–Crippen MR) is 93.6 cm³/mol. The number of aromatic nitrogens is 6. The first kappa shape index (κ1) is 15.0. The summed E-state index contributed by atoms with van der Waals surface area (Å²) >= 11 is 0. The standard InChI is InChI=1S/C18H16FN7/c19-14-2-1-3-15(6-14)25-10-12(9-22-25)8-20-17-7-16(13-4-5-13)24-26-11-21-23-18(17)26/h1-3,6-7,9-11,13,20H,4-5,8H2. The summed E-state index contributed by atoms with van der Waals surface area (Å²) in [5.74, 6) is 0.259. The minimum absolute atomic E-state index is 0.281. The van der Waals surface area contributed by atoms with Crippen molar-refractivity contribution in [3.05, 3.63) is 66.1 Å². The molecule has 0 saturated heterocycles. The number of anilines is 1. The van der Waals surface area contributed by atoms with Gasteiger partial charge in [0.1, 0.15) is 12.1 Å². The van der Waals surface area contributed by atoms with E-state index in [0.29, 0.717) is 23.8 Å². The summed E-state index contributed by atoms with van der Waals surface area (Å²) in [5.41, 5.74) is 4.34. The Bertz CT molecular complexity index is 1080. The van der Waals surface area contributed by atoms with Crippen LogP contribution in [-0.2, 0) is 6.54 Å². The van der Waals surface area contributed by atoms with Crippen LogP contribution in [0, 0.1) is 5.82 Å². The van der Waals surface area contributed by atoms with E-state index in [0.717, 1.165) is 16.9 Å². The molecule has 4 aromatic rings. The highest BCUT2D eigenvalue weighted by Crippen LogP contribution is 2.39. The van der Waals surface area contributed by atoms with Gasteiger partial charge in [-0.05, 0) is 37.1 Å². The lowest BCUT2D eigenvalue weighted by molar-refractivity contribution is 0.625. The number of halogens is 1. The van der Waals surface area contributed by atoms with Crippen molar-refractivity contribution in [2.45, 2.75) is 25.3 Å². The maximum atomic E-state index is 13.4. The molecule has 1 saturated carbocycles. The van der Waals surface area contributed by atoms with Gasteiger partial charge in [0.05, 0.1) is 23.3 Å². The Balaban J connectivity index is 1.38. The van der Waals surface area contributed by atoms with Crippen molar-refractivity contribution in [2.75, 3.05) is 5.32 Å². The summed E-state index contributed by atoms with van der Waals surface area (Å²) in [4.78, 5) is 0. The van der Waals surface area contributed by atoms with E-state index in [9.17, 15) is 4.39 Å². The third-order valence-electron chi connectivity index (χ3n) is 4.47. The molecule has 0 bridgehead atoms. The van der Waals surface area contributed by atoms with Crippen molar-refractivity contribution in [1.82, 2.24) is 29.6 Å². The van der Waals surface area contributed by atoms with Crippen LogP contribution in [0.5, 0.6) is 0 Å².